The fraction of sp³-hybridized carbons (Fsp3) is 0.250. The molecule has 13 heteroatoms. The summed E-state index contributed by atoms with van der Waals surface area (Å²) in [7, 11) is 0. The molecule has 2 heterocycles. The molecule has 0 aliphatic rings. The number of nitrogens with zero attached hydrogens (tertiary/aromatic N) is 1. The molecule has 2 aromatic heterocycles. The highest BCUT2D eigenvalue weighted by molar-refractivity contribution is 6.10. The first-order chi connectivity index (χ1) is 25.3. The van der Waals surface area contributed by atoms with Crippen molar-refractivity contribution < 1.29 is 51.1 Å². The highest BCUT2D eigenvalue weighted by Crippen LogP contribution is 2.41. The number of fused-ring (bicyclic) bond motifs is 2. The first-order valence-electron chi connectivity index (χ1n) is 16.8. The van der Waals surface area contributed by atoms with Crippen LogP contribution in [0.2, 0.25) is 0 Å². The zero-order valence-corrected chi connectivity index (χ0v) is 29.9. The predicted octanol–water partition coefficient (Wildman–Crippen LogP) is 10.3. The Bertz CT molecular complexity index is 2250. The van der Waals surface area contributed by atoms with Gasteiger partial charge < -0.3 is 27.8 Å². The molecule has 0 aliphatic carbocycles. The minimum atomic E-state index is -0.648. The Labute approximate surface area is 303 Å². The fourth-order valence-electron chi connectivity index (χ4n) is 5.45. The van der Waals surface area contributed by atoms with Crippen LogP contribution in [0.5, 0.6) is 11.5 Å². The normalized spacial score (nSPS) is 11.1. The van der Waals surface area contributed by atoms with Gasteiger partial charge in [0.2, 0.25) is 0 Å². The van der Waals surface area contributed by atoms with Crippen molar-refractivity contribution in [1.82, 2.24) is 0 Å². The number of benzene rings is 4. The molecule has 276 valence electrons. The number of rotatable bonds is 11. The number of nitro benzene ring substituents is 1. The zero-order chi connectivity index (χ0) is 38.4. The second-order valence-corrected chi connectivity index (χ2v) is 12.1. The molecular weight excluding hydrogens is 692 g/mol. The summed E-state index contributed by atoms with van der Waals surface area (Å²) in [6.45, 7) is 11.1. The highest BCUT2D eigenvalue weighted by atomic mass is 19.1. The lowest BCUT2D eigenvalue weighted by molar-refractivity contribution is -0.385. The summed E-state index contributed by atoms with van der Waals surface area (Å²) in [5, 5.41) is 12.4. The average molecular weight is 730 g/mol. The third-order valence-electron chi connectivity index (χ3n) is 7.53. The second-order valence-electron chi connectivity index (χ2n) is 12.1. The summed E-state index contributed by atoms with van der Waals surface area (Å²) in [6.07, 6.45) is -0.308. The van der Waals surface area contributed by atoms with Crippen molar-refractivity contribution >= 4 is 39.6 Å². The van der Waals surface area contributed by atoms with Gasteiger partial charge in [-0.3, -0.25) is 10.1 Å². The van der Waals surface area contributed by atoms with E-state index in [1.165, 1.54) is 48.5 Å². The number of furan rings is 2. The largest absolute Gasteiger partial charge is 0.491 e. The van der Waals surface area contributed by atoms with Gasteiger partial charge in [-0.1, -0.05) is 0 Å². The maximum atomic E-state index is 13.3. The van der Waals surface area contributed by atoms with E-state index in [-0.39, 0.29) is 59.6 Å². The van der Waals surface area contributed by atoms with Crippen molar-refractivity contribution in [3.05, 3.63) is 112 Å². The van der Waals surface area contributed by atoms with E-state index in [4.69, 9.17) is 27.8 Å². The maximum absolute atomic E-state index is 13.3. The molecule has 0 fully saturated rings. The Morgan fingerprint density at radius 2 is 1.15 bits per heavy atom. The van der Waals surface area contributed by atoms with Crippen LogP contribution in [0.15, 0.2) is 87.7 Å². The van der Waals surface area contributed by atoms with Crippen molar-refractivity contribution in [3.63, 3.8) is 0 Å². The molecule has 6 rings (SSSR count). The predicted molar refractivity (Wildman–Crippen MR) is 193 cm³/mol. The van der Waals surface area contributed by atoms with E-state index >= 15 is 0 Å². The van der Waals surface area contributed by atoms with Crippen molar-refractivity contribution in [1.29, 1.82) is 0 Å². The Balaban J connectivity index is 0.000000206. The Hall–Kier alpha value is -6.24. The molecule has 0 saturated heterocycles. The standard InChI is InChI=1S/C20H18FNO6.C20H19FO4/c1-4-26-20(23)18-14-9-17(27-11(2)3)15(22(24)25)10-16(14)28-19(18)12-5-7-13(21)8-6-12;1-4-23-20(22)18-16-11-15(24-12(2)3)9-10-17(16)25-19(18)13-5-7-14(21)8-6-13/h5-11H,4H2,1-3H3;5-12H,4H2,1-3H3. The zero-order valence-electron chi connectivity index (χ0n) is 29.9. The first-order valence-corrected chi connectivity index (χ1v) is 16.8. The van der Waals surface area contributed by atoms with Crippen LogP contribution in [0, 0.1) is 21.7 Å². The molecule has 11 nitrogen and oxygen atoms in total. The molecule has 53 heavy (non-hydrogen) atoms. The number of halogens is 2. The molecule has 0 radical (unpaired) electrons. The van der Waals surface area contributed by atoms with Crippen LogP contribution in [-0.4, -0.2) is 42.3 Å². The Kier molecular flexibility index (Phi) is 11.8. The molecule has 0 N–H and O–H groups in total. The van der Waals surface area contributed by atoms with Gasteiger partial charge in [-0.25, -0.2) is 18.4 Å². The van der Waals surface area contributed by atoms with Crippen LogP contribution in [-0.2, 0) is 9.47 Å². The molecule has 6 aromatic rings. The molecule has 0 amide bonds. The van der Waals surface area contributed by atoms with Crippen LogP contribution in [0.4, 0.5) is 14.5 Å². The van der Waals surface area contributed by atoms with Crippen LogP contribution < -0.4 is 9.47 Å². The Morgan fingerprint density at radius 3 is 1.60 bits per heavy atom. The lowest BCUT2D eigenvalue weighted by Crippen LogP contribution is -2.08. The van der Waals surface area contributed by atoms with E-state index in [2.05, 4.69) is 0 Å². The van der Waals surface area contributed by atoms with Gasteiger partial charge in [0, 0.05) is 21.9 Å². The number of carbonyl (C=O) groups is 2. The van der Waals surface area contributed by atoms with Crippen LogP contribution in [0.25, 0.3) is 44.6 Å². The molecular formula is C40H37F2NO10. The highest BCUT2D eigenvalue weighted by Gasteiger charge is 2.28. The molecule has 0 unspecified atom stereocenters. The fourth-order valence-corrected chi connectivity index (χ4v) is 5.45. The quantitative estimate of drug-likeness (QED) is 0.0718. The van der Waals surface area contributed by atoms with E-state index < -0.39 is 22.7 Å². The minimum absolute atomic E-state index is 0.00645. The molecule has 0 saturated carbocycles. The third-order valence-corrected chi connectivity index (χ3v) is 7.53. The van der Waals surface area contributed by atoms with Crippen LogP contribution in [0.1, 0.15) is 62.3 Å². The summed E-state index contributed by atoms with van der Waals surface area (Å²) in [5.41, 5.74) is 1.85. The molecule has 0 spiro atoms. The van der Waals surface area contributed by atoms with Gasteiger partial charge in [-0.2, -0.15) is 0 Å². The molecule has 4 aromatic carbocycles. The number of hydrogen-bond acceptors (Lipinski definition) is 10. The summed E-state index contributed by atoms with van der Waals surface area (Å²) >= 11 is 0. The lowest BCUT2D eigenvalue weighted by atomic mass is 10.0. The average Bonchev–Trinajstić information content (AvgIpc) is 3.67. The lowest BCUT2D eigenvalue weighted by Gasteiger charge is -2.10. The van der Waals surface area contributed by atoms with Gasteiger partial charge in [-0.15, -0.1) is 0 Å². The summed E-state index contributed by atoms with van der Waals surface area (Å²) < 4.78 is 59.7. The number of nitro groups is 1. The van der Waals surface area contributed by atoms with Crippen LogP contribution >= 0.6 is 0 Å². The maximum Gasteiger partial charge on any atom is 0.342 e. The second kappa shape index (κ2) is 16.4. The smallest absolute Gasteiger partial charge is 0.342 e. The van der Waals surface area contributed by atoms with E-state index in [0.29, 0.717) is 44.6 Å². The van der Waals surface area contributed by atoms with Crippen molar-refractivity contribution in [2.45, 2.75) is 53.8 Å². The summed E-state index contributed by atoms with van der Waals surface area (Å²) in [5.74, 6) is -0.776. The topological polar surface area (TPSA) is 140 Å². The van der Waals surface area contributed by atoms with Gasteiger partial charge in [0.05, 0.1) is 36.4 Å². The van der Waals surface area contributed by atoms with Crippen LogP contribution in [0.3, 0.4) is 0 Å². The molecule has 0 aliphatic heterocycles. The van der Waals surface area contributed by atoms with Crippen molar-refractivity contribution in [2.75, 3.05) is 13.2 Å². The Morgan fingerprint density at radius 1 is 0.679 bits per heavy atom. The molecule has 0 bridgehead atoms. The van der Waals surface area contributed by atoms with E-state index in [9.17, 15) is 28.5 Å². The number of ether oxygens (including phenoxy) is 4. The third kappa shape index (κ3) is 8.63. The van der Waals surface area contributed by atoms with Gasteiger partial charge >= 0.3 is 17.6 Å². The summed E-state index contributed by atoms with van der Waals surface area (Å²) in [6, 6.07) is 19.1. The summed E-state index contributed by atoms with van der Waals surface area (Å²) in [4.78, 5) is 36.0. The van der Waals surface area contributed by atoms with Gasteiger partial charge in [0.15, 0.2) is 5.75 Å². The van der Waals surface area contributed by atoms with Gasteiger partial charge in [0.25, 0.3) is 0 Å². The number of hydrogen-bond donors (Lipinski definition) is 0. The molecule has 0 atom stereocenters. The van der Waals surface area contributed by atoms with E-state index in [0.717, 1.165) is 0 Å². The SMILES string of the molecule is CCOC(=O)c1c(-c2ccc(F)cc2)oc2cc([N+](=O)[O-])c(OC(C)C)cc12.CCOC(=O)c1c(-c2ccc(F)cc2)oc2ccc(OC(C)C)cc12. The van der Waals surface area contributed by atoms with E-state index in [1.807, 2.05) is 13.8 Å². The van der Waals surface area contributed by atoms with Crippen molar-refractivity contribution in [3.8, 4) is 34.1 Å². The van der Waals surface area contributed by atoms with Crippen molar-refractivity contribution in [2.24, 2.45) is 0 Å². The monoisotopic (exact) mass is 729 g/mol. The first kappa shape index (κ1) is 38.0. The number of esters is 2. The van der Waals surface area contributed by atoms with E-state index in [1.54, 1.807) is 58.0 Å². The minimum Gasteiger partial charge on any atom is -0.491 e. The van der Waals surface area contributed by atoms with Gasteiger partial charge in [-0.05, 0) is 114 Å². The van der Waals surface area contributed by atoms with Gasteiger partial charge in [0.1, 0.15) is 51.2 Å². The number of carbonyl (C=O) groups excluding carboxylic acids is 2.